The summed E-state index contributed by atoms with van der Waals surface area (Å²) in [5, 5.41) is 2.31. The fourth-order valence-electron chi connectivity index (χ4n) is 2.69. The van der Waals surface area contributed by atoms with Gasteiger partial charge in [0.2, 0.25) is 0 Å². The number of para-hydroxylation sites is 2. The van der Waals surface area contributed by atoms with E-state index in [0.29, 0.717) is 0 Å². The van der Waals surface area contributed by atoms with Crippen LogP contribution >= 0.6 is 0 Å². The average Bonchev–Trinajstić information content (AvgIpc) is 2.54. The lowest BCUT2D eigenvalue weighted by molar-refractivity contribution is 1.24. The Morgan fingerprint density at radius 3 is 2.14 bits per heavy atom. The van der Waals surface area contributed by atoms with Crippen LogP contribution in [-0.4, -0.2) is 9.97 Å². The van der Waals surface area contributed by atoms with Gasteiger partial charge >= 0.3 is 0 Å². The van der Waals surface area contributed by atoms with Gasteiger partial charge in [-0.05, 0) is 31.2 Å². The molecule has 0 bridgehead atoms. The highest BCUT2D eigenvalue weighted by atomic mass is 14.7. The van der Waals surface area contributed by atoms with Gasteiger partial charge in [0.15, 0.2) is 0 Å². The third-order valence-electron chi connectivity index (χ3n) is 3.79. The van der Waals surface area contributed by atoms with Crippen LogP contribution in [0.4, 0.5) is 0 Å². The minimum absolute atomic E-state index is 0.976. The van der Waals surface area contributed by atoms with Gasteiger partial charge in [-0.2, -0.15) is 0 Å². The van der Waals surface area contributed by atoms with E-state index in [2.05, 4.69) is 30.3 Å². The van der Waals surface area contributed by atoms with Gasteiger partial charge in [0.25, 0.3) is 0 Å². The fourth-order valence-corrected chi connectivity index (χ4v) is 2.69. The van der Waals surface area contributed by atoms with E-state index in [1.807, 2.05) is 43.3 Å². The largest absolute Gasteiger partial charge is 0.252 e. The molecule has 21 heavy (non-hydrogen) atoms. The van der Waals surface area contributed by atoms with Gasteiger partial charge in [-0.15, -0.1) is 0 Å². The van der Waals surface area contributed by atoms with Crippen molar-refractivity contribution < 1.29 is 0 Å². The Kier molecular flexibility index (Phi) is 2.68. The molecule has 2 nitrogen and oxygen atoms in total. The van der Waals surface area contributed by atoms with Crippen molar-refractivity contribution >= 4 is 21.8 Å². The van der Waals surface area contributed by atoms with Crippen molar-refractivity contribution in [3.05, 3.63) is 72.4 Å². The van der Waals surface area contributed by atoms with Gasteiger partial charge in [0, 0.05) is 22.0 Å². The van der Waals surface area contributed by atoms with Crippen LogP contribution in [0.3, 0.4) is 0 Å². The molecular formula is C19H14N2. The third-order valence-corrected chi connectivity index (χ3v) is 3.79. The van der Waals surface area contributed by atoms with E-state index >= 15 is 0 Å². The lowest BCUT2D eigenvalue weighted by atomic mass is 10.1. The van der Waals surface area contributed by atoms with E-state index < -0.39 is 0 Å². The van der Waals surface area contributed by atoms with Crippen molar-refractivity contribution in [1.82, 2.24) is 9.97 Å². The summed E-state index contributed by atoms with van der Waals surface area (Å²) in [5.74, 6) is 0. The Morgan fingerprint density at radius 1 is 0.667 bits per heavy atom. The first-order chi connectivity index (χ1) is 10.3. The number of aryl methyl sites for hydroxylation is 1. The number of fused-ring (bicyclic) bond motifs is 2. The standard InChI is InChI=1S/C19H14N2/c1-13-16(12-15-7-3-5-9-18(15)20-13)19-11-10-14-6-2-4-8-17(14)21-19/h2-12H,1H3. The van der Waals surface area contributed by atoms with Crippen molar-refractivity contribution in [2.75, 3.05) is 0 Å². The number of hydrogen-bond donors (Lipinski definition) is 0. The second-order valence-corrected chi connectivity index (χ2v) is 5.20. The van der Waals surface area contributed by atoms with Crippen LogP contribution in [0.2, 0.25) is 0 Å². The summed E-state index contributed by atoms with van der Waals surface area (Å²) in [4.78, 5) is 9.47. The van der Waals surface area contributed by atoms with Crippen LogP contribution < -0.4 is 0 Å². The van der Waals surface area contributed by atoms with Gasteiger partial charge in [-0.25, -0.2) is 4.98 Å². The van der Waals surface area contributed by atoms with Crippen molar-refractivity contribution in [3.63, 3.8) is 0 Å². The van der Waals surface area contributed by atoms with Gasteiger partial charge in [0.05, 0.1) is 16.7 Å². The minimum atomic E-state index is 0.976. The number of aromatic nitrogens is 2. The molecule has 0 fully saturated rings. The lowest BCUT2D eigenvalue weighted by Gasteiger charge is -2.08. The first kappa shape index (κ1) is 12.0. The Morgan fingerprint density at radius 2 is 1.33 bits per heavy atom. The maximum atomic E-state index is 4.77. The molecule has 4 aromatic rings. The predicted molar refractivity (Wildman–Crippen MR) is 87.2 cm³/mol. The van der Waals surface area contributed by atoms with Crippen LogP contribution in [0.15, 0.2) is 66.7 Å². The molecule has 0 aliphatic carbocycles. The smallest absolute Gasteiger partial charge is 0.0728 e. The molecule has 0 spiro atoms. The molecule has 0 aliphatic heterocycles. The normalized spacial score (nSPS) is 11.1. The maximum absolute atomic E-state index is 4.77. The summed E-state index contributed by atoms with van der Waals surface area (Å²) in [6, 6.07) is 22.7. The Balaban J connectivity index is 1.96. The second kappa shape index (κ2) is 4.67. The van der Waals surface area contributed by atoms with E-state index in [0.717, 1.165) is 38.8 Å². The minimum Gasteiger partial charge on any atom is -0.252 e. The van der Waals surface area contributed by atoms with Crippen LogP contribution in [0.5, 0.6) is 0 Å². The average molecular weight is 270 g/mol. The van der Waals surface area contributed by atoms with Gasteiger partial charge in [0.1, 0.15) is 0 Å². The molecule has 0 radical (unpaired) electrons. The maximum Gasteiger partial charge on any atom is 0.0728 e. The molecule has 0 saturated carbocycles. The van der Waals surface area contributed by atoms with E-state index in [-0.39, 0.29) is 0 Å². The summed E-state index contributed by atoms with van der Waals surface area (Å²) in [6.07, 6.45) is 0. The third kappa shape index (κ3) is 2.05. The van der Waals surface area contributed by atoms with Crippen molar-refractivity contribution in [2.24, 2.45) is 0 Å². The molecule has 2 aromatic carbocycles. The molecule has 100 valence electrons. The predicted octanol–water partition coefficient (Wildman–Crippen LogP) is 4.76. The number of nitrogens with zero attached hydrogens (tertiary/aromatic N) is 2. The Labute approximate surface area is 123 Å². The number of benzene rings is 2. The van der Waals surface area contributed by atoms with E-state index in [4.69, 9.17) is 9.97 Å². The van der Waals surface area contributed by atoms with Crippen LogP contribution in [0, 0.1) is 6.92 Å². The van der Waals surface area contributed by atoms with E-state index in [1.54, 1.807) is 0 Å². The van der Waals surface area contributed by atoms with Crippen molar-refractivity contribution in [2.45, 2.75) is 6.92 Å². The van der Waals surface area contributed by atoms with E-state index in [1.165, 1.54) is 0 Å². The summed E-state index contributed by atoms with van der Waals surface area (Å²) in [5.41, 5.74) is 5.13. The molecule has 0 aliphatic rings. The van der Waals surface area contributed by atoms with E-state index in [9.17, 15) is 0 Å². The molecule has 2 heterocycles. The zero-order valence-corrected chi connectivity index (χ0v) is 11.7. The molecule has 0 saturated heterocycles. The quantitative estimate of drug-likeness (QED) is 0.498. The summed E-state index contributed by atoms with van der Waals surface area (Å²) in [6.45, 7) is 2.04. The van der Waals surface area contributed by atoms with Crippen LogP contribution in [0.25, 0.3) is 33.1 Å². The van der Waals surface area contributed by atoms with Crippen molar-refractivity contribution in [1.29, 1.82) is 0 Å². The zero-order chi connectivity index (χ0) is 14.2. The second-order valence-electron chi connectivity index (χ2n) is 5.20. The number of hydrogen-bond acceptors (Lipinski definition) is 2. The SMILES string of the molecule is Cc1nc2ccccc2cc1-c1ccc2ccccc2n1. The molecule has 0 atom stereocenters. The first-order valence-corrected chi connectivity index (χ1v) is 7.04. The highest BCUT2D eigenvalue weighted by Crippen LogP contribution is 2.26. The van der Waals surface area contributed by atoms with Crippen LogP contribution in [0.1, 0.15) is 5.69 Å². The highest BCUT2D eigenvalue weighted by Gasteiger charge is 2.07. The number of rotatable bonds is 1. The zero-order valence-electron chi connectivity index (χ0n) is 11.7. The summed E-state index contributed by atoms with van der Waals surface area (Å²) < 4.78 is 0. The van der Waals surface area contributed by atoms with Gasteiger partial charge in [-0.1, -0.05) is 42.5 Å². The fraction of sp³-hybridized carbons (Fsp3) is 0.0526. The molecule has 0 unspecified atom stereocenters. The van der Waals surface area contributed by atoms with Crippen molar-refractivity contribution in [3.8, 4) is 11.3 Å². The monoisotopic (exact) mass is 270 g/mol. The highest BCUT2D eigenvalue weighted by molar-refractivity contribution is 5.86. The summed E-state index contributed by atoms with van der Waals surface area (Å²) in [7, 11) is 0. The lowest BCUT2D eigenvalue weighted by Crippen LogP contribution is -1.92. The topological polar surface area (TPSA) is 25.8 Å². The molecule has 2 aromatic heterocycles. The van der Waals surface area contributed by atoms with Gasteiger partial charge in [-0.3, -0.25) is 4.98 Å². The number of pyridine rings is 2. The molecule has 0 amide bonds. The molecule has 2 heteroatoms. The molecule has 4 rings (SSSR count). The molecular weight excluding hydrogens is 256 g/mol. The van der Waals surface area contributed by atoms with Gasteiger partial charge < -0.3 is 0 Å². The Bertz CT molecular complexity index is 958. The van der Waals surface area contributed by atoms with Crippen LogP contribution in [-0.2, 0) is 0 Å². The Hall–Kier alpha value is -2.74. The first-order valence-electron chi connectivity index (χ1n) is 7.04. The molecule has 0 N–H and O–H groups in total. The summed E-state index contributed by atoms with van der Waals surface area (Å²) >= 11 is 0.